The molecule has 12 nitrogen and oxygen atoms in total. The van der Waals surface area contributed by atoms with Crippen molar-refractivity contribution in [3.63, 3.8) is 0 Å². The molecule has 0 fully saturated rings. The molecule has 0 amide bonds. The third kappa shape index (κ3) is 8.24. The third-order valence-electron chi connectivity index (χ3n) is 3.55. The SMILES string of the molecule is CCOOP(=O)(Cc1nc2ccccc2nc1CP(=O)(OOCC)OOCC)OOCC. The van der Waals surface area contributed by atoms with Crippen molar-refractivity contribution in [3.8, 4) is 0 Å². The first kappa shape index (κ1) is 26.9. The van der Waals surface area contributed by atoms with Crippen LogP contribution in [0.25, 0.3) is 11.0 Å². The van der Waals surface area contributed by atoms with Crippen molar-refractivity contribution >= 4 is 26.2 Å². The molecule has 0 saturated carbocycles. The average Bonchev–Trinajstić information content (AvgIpc) is 2.79. The van der Waals surface area contributed by atoms with Crippen LogP contribution >= 0.6 is 15.2 Å². The number of hydrogen-bond donors (Lipinski definition) is 0. The highest BCUT2D eigenvalue weighted by Crippen LogP contribution is 2.55. The van der Waals surface area contributed by atoms with Gasteiger partial charge >= 0.3 is 15.2 Å². The second-order valence-electron chi connectivity index (χ2n) is 6.07. The summed E-state index contributed by atoms with van der Waals surface area (Å²) in [7, 11) is -7.94. The van der Waals surface area contributed by atoms with Crippen molar-refractivity contribution in [2.75, 3.05) is 26.4 Å². The summed E-state index contributed by atoms with van der Waals surface area (Å²) >= 11 is 0. The number of fused-ring (bicyclic) bond motifs is 1. The van der Waals surface area contributed by atoms with E-state index in [-0.39, 0.29) is 50.1 Å². The van der Waals surface area contributed by atoms with E-state index in [1.807, 2.05) is 0 Å². The number of nitrogens with zero attached hydrogens (tertiary/aromatic N) is 2. The van der Waals surface area contributed by atoms with Crippen LogP contribution in [0.5, 0.6) is 0 Å². The van der Waals surface area contributed by atoms with E-state index in [0.717, 1.165) is 0 Å². The van der Waals surface area contributed by atoms with Crippen molar-refractivity contribution in [3.05, 3.63) is 35.7 Å². The molecule has 2 rings (SSSR count). The molecule has 0 unspecified atom stereocenters. The summed E-state index contributed by atoms with van der Waals surface area (Å²) in [4.78, 5) is 28.4. The Labute approximate surface area is 186 Å². The average molecular weight is 494 g/mol. The molecule has 180 valence electrons. The zero-order valence-electron chi connectivity index (χ0n) is 18.4. The quantitative estimate of drug-likeness (QED) is 0.179. The lowest BCUT2D eigenvalue weighted by Crippen LogP contribution is -2.09. The Bertz CT molecular complexity index is 847. The second kappa shape index (κ2) is 13.4. The summed E-state index contributed by atoms with van der Waals surface area (Å²) < 4.78 is 46.2. The van der Waals surface area contributed by atoms with E-state index in [1.165, 1.54) is 0 Å². The van der Waals surface area contributed by atoms with Gasteiger partial charge in [-0.1, -0.05) is 12.1 Å². The first-order valence-electron chi connectivity index (χ1n) is 10.1. The molecule has 0 bridgehead atoms. The summed E-state index contributed by atoms with van der Waals surface area (Å²) in [5.74, 6) is 0. The summed E-state index contributed by atoms with van der Waals surface area (Å²) in [5, 5.41) is 0. The van der Waals surface area contributed by atoms with Gasteiger partial charge in [-0.25, -0.2) is 29.5 Å². The minimum atomic E-state index is -3.97. The van der Waals surface area contributed by atoms with E-state index in [9.17, 15) is 9.13 Å². The maximum atomic E-state index is 13.2. The minimum Gasteiger partial charge on any atom is -0.255 e. The Morgan fingerprint density at radius 1 is 0.625 bits per heavy atom. The summed E-state index contributed by atoms with van der Waals surface area (Å²) in [6, 6.07) is 6.99. The van der Waals surface area contributed by atoms with Gasteiger partial charge in [0.1, 0.15) is 0 Å². The Morgan fingerprint density at radius 2 is 0.938 bits per heavy atom. The number of aromatic nitrogens is 2. The molecule has 0 aliphatic heterocycles. The highest BCUT2D eigenvalue weighted by atomic mass is 31.2. The zero-order chi connectivity index (χ0) is 23.5. The van der Waals surface area contributed by atoms with E-state index in [1.54, 1.807) is 52.0 Å². The van der Waals surface area contributed by atoms with Gasteiger partial charge in [0.25, 0.3) is 0 Å². The maximum Gasteiger partial charge on any atom is 0.390 e. The molecule has 0 aliphatic carbocycles. The number of benzene rings is 1. The van der Waals surface area contributed by atoms with E-state index in [0.29, 0.717) is 11.0 Å². The van der Waals surface area contributed by atoms with Crippen LogP contribution in [0.3, 0.4) is 0 Å². The molecule has 0 atom stereocenters. The zero-order valence-corrected chi connectivity index (χ0v) is 20.2. The largest absolute Gasteiger partial charge is 0.390 e. The molecule has 0 saturated heterocycles. The molecule has 0 spiro atoms. The number of para-hydroxylation sites is 2. The summed E-state index contributed by atoms with van der Waals surface area (Å²) in [5.41, 5.74) is 1.34. The van der Waals surface area contributed by atoms with Crippen LogP contribution in [0.15, 0.2) is 24.3 Å². The van der Waals surface area contributed by atoms with Gasteiger partial charge < -0.3 is 0 Å². The topological polar surface area (TPSA) is 134 Å². The molecule has 1 aromatic heterocycles. The molecule has 0 radical (unpaired) electrons. The van der Waals surface area contributed by atoms with Gasteiger partial charge in [0.05, 0.1) is 61.2 Å². The summed E-state index contributed by atoms with van der Waals surface area (Å²) in [6.45, 7) is 7.09. The lowest BCUT2D eigenvalue weighted by atomic mass is 10.2. The first-order valence-corrected chi connectivity index (χ1v) is 13.5. The molecular formula is C18H28N2O10P2. The van der Waals surface area contributed by atoms with Gasteiger partial charge in [0.2, 0.25) is 0 Å². The van der Waals surface area contributed by atoms with Crippen LogP contribution < -0.4 is 0 Å². The Hall–Kier alpha value is -1.30. The van der Waals surface area contributed by atoms with Gasteiger partial charge in [-0.05, 0) is 39.8 Å². The van der Waals surface area contributed by atoms with Gasteiger partial charge in [-0.3, -0.25) is 9.13 Å². The first-order chi connectivity index (χ1) is 15.4. The van der Waals surface area contributed by atoms with Crippen LogP contribution in [-0.2, 0) is 59.7 Å². The van der Waals surface area contributed by atoms with Crippen LogP contribution in [-0.4, -0.2) is 36.4 Å². The smallest absolute Gasteiger partial charge is 0.255 e. The third-order valence-corrected chi connectivity index (χ3v) is 6.25. The van der Waals surface area contributed by atoms with Crippen LogP contribution in [0, 0.1) is 0 Å². The van der Waals surface area contributed by atoms with Gasteiger partial charge in [0, 0.05) is 0 Å². The highest BCUT2D eigenvalue weighted by Gasteiger charge is 2.35. The van der Waals surface area contributed by atoms with Gasteiger partial charge in [-0.15, -0.1) is 18.7 Å². The minimum absolute atomic E-state index is 0.120. The van der Waals surface area contributed by atoms with E-state index in [2.05, 4.69) is 9.97 Å². The molecule has 0 N–H and O–H groups in total. The predicted molar refractivity (Wildman–Crippen MR) is 113 cm³/mol. The number of hydrogen-bond acceptors (Lipinski definition) is 12. The monoisotopic (exact) mass is 494 g/mol. The van der Waals surface area contributed by atoms with Crippen molar-refractivity contribution in [2.45, 2.75) is 40.0 Å². The molecule has 1 heterocycles. The lowest BCUT2D eigenvalue weighted by Gasteiger charge is -2.19. The number of rotatable bonds is 16. The Balaban J connectivity index is 2.47. The predicted octanol–water partition coefficient (Wildman–Crippen LogP) is 4.89. The van der Waals surface area contributed by atoms with Crippen LogP contribution in [0.2, 0.25) is 0 Å². The van der Waals surface area contributed by atoms with Crippen LogP contribution in [0.1, 0.15) is 39.1 Å². The van der Waals surface area contributed by atoms with Crippen molar-refractivity contribution < 1.29 is 47.4 Å². The maximum absolute atomic E-state index is 13.2. The van der Waals surface area contributed by atoms with E-state index in [4.69, 9.17) is 38.2 Å². The molecule has 14 heteroatoms. The highest BCUT2D eigenvalue weighted by molar-refractivity contribution is 7.53. The fourth-order valence-electron chi connectivity index (χ4n) is 2.36. The Morgan fingerprint density at radius 3 is 1.22 bits per heavy atom. The summed E-state index contributed by atoms with van der Waals surface area (Å²) in [6.07, 6.45) is -0.771. The molecule has 32 heavy (non-hydrogen) atoms. The standard InChI is InChI=1S/C18H28N2O10P2/c1-5-23-27-31(21,28-24-6-2)13-17-18(20-16-12-10-9-11-15(16)19-17)14-32(22,29-25-7-3)30-26-8-4/h9-12H,5-8,13-14H2,1-4H3. The van der Waals surface area contributed by atoms with E-state index >= 15 is 0 Å². The van der Waals surface area contributed by atoms with Crippen molar-refractivity contribution in [1.82, 2.24) is 9.97 Å². The fourth-order valence-corrected chi connectivity index (χ4v) is 4.92. The normalized spacial score (nSPS) is 12.5. The second-order valence-corrected chi connectivity index (χ2v) is 9.74. The van der Waals surface area contributed by atoms with Crippen molar-refractivity contribution in [2.24, 2.45) is 0 Å². The molecular weight excluding hydrogens is 466 g/mol. The molecule has 1 aromatic carbocycles. The lowest BCUT2D eigenvalue weighted by molar-refractivity contribution is -0.263. The van der Waals surface area contributed by atoms with Gasteiger partial charge in [0.15, 0.2) is 0 Å². The van der Waals surface area contributed by atoms with Crippen molar-refractivity contribution in [1.29, 1.82) is 0 Å². The van der Waals surface area contributed by atoms with E-state index < -0.39 is 15.2 Å². The van der Waals surface area contributed by atoms with Crippen LogP contribution in [0.4, 0.5) is 0 Å². The molecule has 2 aromatic rings. The van der Waals surface area contributed by atoms with Gasteiger partial charge in [-0.2, -0.15) is 0 Å². The Kier molecular flexibility index (Phi) is 11.3. The molecule has 0 aliphatic rings. The fraction of sp³-hybridized carbons (Fsp3) is 0.556.